The minimum absolute atomic E-state index is 0.0550. The molecule has 19 heavy (non-hydrogen) atoms. The molecule has 0 radical (unpaired) electrons. The molecule has 0 aliphatic carbocycles. The fourth-order valence-electron chi connectivity index (χ4n) is 2.35. The number of benzene rings is 1. The van der Waals surface area contributed by atoms with Crippen LogP contribution < -0.4 is 15.4 Å². The predicted molar refractivity (Wildman–Crippen MR) is 76.6 cm³/mol. The molecule has 1 aliphatic rings. The number of nitrogens with one attached hydrogen (secondary N) is 2. The third kappa shape index (κ3) is 3.70. The van der Waals surface area contributed by atoms with Crippen molar-refractivity contribution >= 4 is 11.6 Å². The van der Waals surface area contributed by atoms with Gasteiger partial charge in [0.05, 0.1) is 12.6 Å². The largest absolute Gasteiger partial charge is 0.494 e. The van der Waals surface area contributed by atoms with Crippen molar-refractivity contribution in [3.63, 3.8) is 0 Å². The second kappa shape index (κ2) is 6.57. The smallest absolute Gasteiger partial charge is 0.241 e. The van der Waals surface area contributed by atoms with Crippen molar-refractivity contribution in [1.82, 2.24) is 5.32 Å². The quantitative estimate of drug-likeness (QED) is 0.876. The van der Waals surface area contributed by atoms with E-state index in [0.717, 1.165) is 42.8 Å². The molecule has 1 aromatic rings. The maximum Gasteiger partial charge on any atom is 0.241 e. The van der Waals surface area contributed by atoms with Gasteiger partial charge in [-0.15, -0.1) is 0 Å². The minimum Gasteiger partial charge on any atom is -0.494 e. The van der Waals surface area contributed by atoms with E-state index < -0.39 is 0 Å². The van der Waals surface area contributed by atoms with E-state index in [0.29, 0.717) is 6.61 Å². The molecule has 1 heterocycles. The molecule has 4 heteroatoms. The lowest BCUT2D eigenvalue weighted by Crippen LogP contribution is -2.43. The lowest BCUT2D eigenvalue weighted by Gasteiger charge is -2.22. The predicted octanol–water partition coefficient (Wildman–Crippen LogP) is 2.47. The molecular weight excluding hydrogens is 240 g/mol. The molecule has 0 bridgehead atoms. The SMILES string of the molecule is CCOc1ccc(NC(=O)C2CCCCN2)cc1C. The Bertz CT molecular complexity index is 440. The van der Waals surface area contributed by atoms with Crippen molar-refractivity contribution in [3.8, 4) is 5.75 Å². The summed E-state index contributed by atoms with van der Waals surface area (Å²) in [5.74, 6) is 0.930. The summed E-state index contributed by atoms with van der Waals surface area (Å²) in [6.45, 7) is 5.53. The van der Waals surface area contributed by atoms with Gasteiger partial charge in [-0.1, -0.05) is 6.42 Å². The molecule has 0 aromatic heterocycles. The zero-order chi connectivity index (χ0) is 13.7. The van der Waals surface area contributed by atoms with Crippen LogP contribution in [0.25, 0.3) is 0 Å². The molecule has 4 nitrogen and oxygen atoms in total. The number of piperidine rings is 1. The summed E-state index contributed by atoms with van der Waals surface area (Å²) >= 11 is 0. The van der Waals surface area contributed by atoms with Crippen LogP contribution in [0.1, 0.15) is 31.7 Å². The van der Waals surface area contributed by atoms with Crippen molar-refractivity contribution in [3.05, 3.63) is 23.8 Å². The summed E-state index contributed by atoms with van der Waals surface area (Å²) in [4.78, 5) is 12.1. The second-order valence-corrected chi connectivity index (χ2v) is 4.91. The van der Waals surface area contributed by atoms with E-state index >= 15 is 0 Å². The Morgan fingerprint density at radius 3 is 2.95 bits per heavy atom. The molecule has 104 valence electrons. The van der Waals surface area contributed by atoms with E-state index in [-0.39, 0.29) is 11.9 Å². The van der Waals surface area contributed by atoms with Crippen molar-refractivity contribution in [1.29, 1.82) is 0 Å². The lowest BCUT2D eigenvalue weighted by molar-refractivity contribution is -0.118. The topological polar surface area (TPSA) is 50.4 Å². The van der Waals surface area contributed by atoms with Crippen LogP contribution in [0.3, 0.4) is 0 Å². The Labute approximate surface area is 114 Å². The fourth-order valence-corrected chi connectivity index (χ4v) is 2.35. The summed E-state index contributed by atoms with van der Waals surface area (Å²) < 4.78 is 5.49. The first kappa shape index (κ1) is 13.9. The van der Waals surface area contributed by atoms with Gasteiger partial charge in [-0.25, -0.2) is 0 Å². The summed E-state index contributed by atoms with van der Waals surface area (Å²) in [6, 6.07) is 5.69. The summed E-state index contributed by atoms with van der Waals surface area (Å²) in [5.41, 5.74) is 1.87. The van der Waals surface area contributed by atoms with Gasteiger partial charge in [0.15, 0.2) is 0 Å². The third-order valence-electron chi connectivity index (χ3n) is 3.37. The van der Waals surface area contributed by atoms with Gasteiger partial charge in [0.25, 0.3) is 0 Å². The van der Waals surface area contributed by atoms with Crippen molar-refractivity contribution < 1.29 is 9.53 Å². The highest BCUT2D eigenvalue weighted by Crippen LogP contribution is 2.22. The lowest BCUT2D eigenvalue weighted by atomic mass is 10.0. The highest BCUT2D eigenvalue weighted by atomic mass is 16.5. The molecular formula is C15H22N2O2. The molecule has 1 unspecified atom stereocenters. The van der Waals surface area contributed by atoms with Gasteiger partial charge in [0.2, 0.25) is 5.91 Å². The number of carbonyl (C=O) groups excluding carboxylic acids is 1. The maximum atomic E-state index is 12.1. The molecule has 1 saturated heterocycles. The minimum atomic E-state index is -0.0550. The van der Waals surface area contributed by atoms with Crippen LogP contribution in [0, 0.1) is 6.92 Å². The summed E-state index contributed by atoms with van der Waals surface area (Å²) in [5, 5.41) is 6.21. The molecule has 0 spiro atoms. The van der Waals surface area contributed by atoms with Gasteiger partial charge >= 0.3 is 0 Å². The molecule has 2 N–H and O–H groups in total. The van der Waals surface area contributed by atoms with E-state index in [9.17, 15) is 4.79 Å². The highest BCUT2D eigenvalue weighted by Gasteiger charge is 2.20. The number of aryl methyl sites for hydroxylation is 1. The highest BCUT2D eigenvalue weighted by molar-refractivity contribution is 5.95. The average molecular weight is 262 g/mol. The van der Waals surface area contributed by atoms with Crippen molar-refractivity contribution in [2.75, 3.05) is 18.5 Å². The number of amides is 1. The first-order valence-electron chi connectivity index (χ1n) is 6.98. The molecule has 1 fully saturated rings. The van der Waals surface area contributed by atoms with Crippen LogP contribution in [-0.2, 0) is 4.79 Å². The van der Waals surface area contributed by atoms with Gasteiger partial charge in [0.1, 0.15) is 5.75 Å². The number of carbonyl (C=O) groups is 1. The zero-order valence-corrected chi connectivity index (χ0v) is 11.7. The second-order valence-electron chi connectivity index (χ2n) is 4.91. The Morgan fingerprint density at radius 2 is 2.32 bits per heavy atom. The Hall–Kier alpha value is -1.55. The van der Waals surface area contributed by atoms with Crippen LogP contribution >= 0.6 is 0 Å². The number of ether oxygens (including phenoxy) is 1. The monoisotopic (exact) mass is 262 g/mol. The van der Waals surface area contributed by atoms with E-state index in [1.807, 2.05) is 32.0 Å². The van der Waals surface area contributed by atoms with Crippen LogP contribution in [0.5, 0.6) is 5.75 Å². The molecule has 1 aliphatic heterocycles. The Morgan fingerprint density at radius 1 is 1.47 bits per heavy atom. The van der Waals surface area contributed by atoms with Crippen molar-refractivity contribution in [2.45, 2.75) is 39.2 Å². The van der Waals surface area contributed by atoms with E-state index in [1.165, 1.54) is 0 Å². The number of anilines is 1. The van der Waals surface area contributed by atoms with Gasteiger partial charge < -0.3 is 15.4 Å². The average Bonchev–Trinajstić information content (AvgIpc) is 2.43. The van der Waals surface area contributed by atoms with Crippen molar-refractivity contribution in [2.24, 2.45) is 0 Å². The Kier molecular flexibility index (Phi) is 4.80. The summed E-state index contributed by atoms with van der Waals surface area (Å²) in [6.07, 6.45) is 3.20. The van der Waals surface area contributed by atoms with E-state index in [1.54, 1.807) is 0 Å². The summed E-state index contributed by atoms with van der Waals surface area (Å²) in [7, 11) is 0. The number of hydrogen-bond donors (Lipinski definition) is 2. The number of hydrogen-bond acceptors (Lipinski definition) is 3. The van der Waals surface area contributed by atoms with Gasteiger partial charge in [-0.3, -0.25) is 4.79 Å². The first-order chi connectivity index (χ1) is 9.20. The van der Waals surface area contributed by atoms with Gasteiger partial charge in [-0.05, 0) is 57.0 Å². The first-order valence-corrected chi connectivity index (χ1v) is 6.98. The number of rotatable bonds is 4. The molecule has 1 atom stereocenters. The van der Waals surface area contributed by atoms with Crippen LogP contribution in [0.2, 0.25) is 0 Å². The fraction of sp³-hybridized carbons (Fsp3) is 0.533. The normalized spacial score (nSPS) is 18.9. The van der Waals surface area contributed by atoms with Crippen LogP contribution in [-0.4, -0.2) is 25.1 Å². The molecule has 1 amide bonds. The standard InChI is InChI=1S/C15H22N2O2/c1-3-19-14-8-7-12(10-11(14)2)17-15(18)13-6-4-5-9-16-13/h7-8,10,13,16H,3-6,9H2,1-2H3,(H,17,18). The molecule has 1 aromatic carbocycles. The van der Waals surface area contributed by atoms with Crippen LogP contribution in [0.15, 0.2) is 18.2 Å². The van der Waals surface area contributed by atoms with E-state index in [4.69, 9.17) is 4.74 Å². The van der Waals surface area contributed by atoms with Gasteiger partial charge in [0, 0.05) is 5.69 Å². The van der Waals surface area contributed by atoms with Gasteiger partial charge in [-0.2, -0.15) is 0 Å². The van der Waals surface area contributed by atoms with Crippen LogP contribution in [0.4, 0.5) is 5.69 Å². The molecule has 2 rings (SSSR count). The maximum absolute atomic E-state index is 12.1. The molecule has 0 saturated carbocycles. The third-order valence-corrected chi connectivity index (χ3v) is 3.37. The zero-order valence-electron chi connectivity index (χ0n) is 11.7. The van der Waals surface area contributed by atoms with E-state index in [2.05, 4.69) is 10.6 Å². The Balaban J connectivity index is 1.98.